The first kappa shape index (κ1) is 24.0. The number of nitrogens with one attached hydrogen (secondary N) is 2. The molecule has 6 nitrogen and oxygen atoms in total. The van der Waals surface area contributed by atoms with Crippen molar-refractivity contribution >= 4 is 12.0 Å². The van der Waals surface area contributed by atoms with Crippen molar-refractivity contribution in [1.29, 1.82) is 0 Å². The average Bonchev–Trinajstić information content (AvgIpc) is 2.70. The number of nitrogens with zero attached hydrogens (tertiary/aromatic N) is 1. The van der Waals surface area contributed by atoms with Gasteiger partial charge in [0, 0.05) is 26.1 Å². The van der Waals surface area contributed by atoms with Crippen LogP contribution in [0.15, 0.2) is 24.3 Å². The van der Waals surface area contributed by atoms with Crippen molar-refractivity contribution in [2.24, 2.45) is 0 Å². The second kappa shape index (κ2) is 14.9. The minimum absolute atomic E-state index is 0.124. The Morgan fingerprint density at radius 2 is 1.54 bits per heavy atom. The number of carbonyl (C=O) groups is 2. The third-order valence-electron chi connectivity index (χ3n) is 4.68. The highest BCUT2D eigenvalue weighted by atomic mass is 16.5. The molecule has 0 bridgehead atoms. The van der Waals surface area contributed by atoms with Crippen LogP contribution in [0.5, 0.6) is 0 Å². The summed E-state index contributed by atoms with van der Waals surface area (Å²) >= 11 is 0. The monoisotopic (exact) mass is 391 g/mol. The first-order chi connectivity index (χ1) is 13.6. The van der Waals surface area contributed by atoms with Crippen LogP contribution in [0.1, 0.15) is 64.0 Å². The third-order valence-corrected chi connectivity index (χ3v) is 4.68. The van der Waals surface area contributed by atoms with Gasteiger partial charge in [-0.3, -0.25) is 9.69 Å². The van der Waals surface area contributed by atoms with Crippen LogP contribution in [0, 0.1) is 0 Å². The molecule has 0 aliphatic rings. The van der Waals surface area contributed by atoms with Crippen molar-refractivity contribution in [2.75, 3.05) is 26.2 Å². The van der Waals surface area contributed by atoms with E-state index in [4.69, 9.17) is 4.74 Å². The first-order valence-corrected chi connectivity index (χ1v) is 10.6. The van der Waals surface area contributed by atoms with Crippen molar-refractivity contribution in [3.63, 3.8) is 0 Å². The summed E-state index contributed by atoms with van der Waals surface area (Å²) in [4.78, 5) is 25.5. The fourth-order valence-electron chi connectivity index (χ4n) is 2.90. The summed E-state index contributed by atoms with van der Waals surface area (Å²) in [7, 11) is 0. The van der Waals surface area contributed by atoms with E-state index in [1.807, 2.05) is 6.92 Å². The molecule has 0 radical (unpaired) electrons. The molecule has 1 rings (SSSR count). The van der Waals surface area contributed by atoms with Gasteiger partial charge in [-0.05, 0) is 44.0 Å². The zero-order valence-electron chi connectivity index (χ0n) is 17.8. The third kappa shape index (κ3) is 10.9. The fourth-order valence-corrected chi connectivity index (χ4v) is 2.90. The highest BCUT2D eigenvalue weighted by Crippen LogP contribution is 2.07. The van der Waals surface area contributed by atoms with Gasteiger partial charge in [0.25, 0.3) is 0 Å². The number of rotatable bonds is 14. The number of hydrogen-bond donors (Lipinski definition) is 2. The van der Waals surface area contributed by atoms with Crippen LogP contribution in [0.2, 0.25) is 0 Å². The molecule has 2 amide bonds. The zero-order valence-corrected chi connectivity index (χ0v) is 17.8. The minimum Gasteiger partial charge on any atom is -0.466 e. The normalized spacial score (nSPS) is 10.7. The Labute approximate surface area is 170 Å². The molecule has 158 valence electrons. The van der Waals surface area contributed by atoms with Gasteiger partial charge in [-0.1, -0.05) is 51.0 Å². The molecular formula is C22H37N3O3. The molecule has 1 aromatic rings. The predicted molar refractivity (Wildman–Crippen MR) is 113 cm³/mol. The largest absolute Gasteiger partial charge is 0.466 e. The molecule has 0 saturated carbocycles. The van der Waals surface area contributed by atoms with Crippen LogP contribution in [0.4, 0.5) is 4.79 Å². The number of amides is 2. The van der Waals surface area contributed by atoms with E-state index in [1.54, 1.807) is 0 Å². The van der Waals surface area contributed by atoms with Crippen LogP contribution in [-0.4, -0.2) is 43.1 Å². The number of ether oxygens (including phenoxy) is 1. The quantitative estimate of drug-likeness (QED) is 0.373. The maximum atomic E-state index is 11.9. The van der Waals surface area contributed by atoms with E-state index in [-0.39, 0.29) is 12.0 Å². The van der Waals surface area contributed by atoms with Gasteiger partial charge in [-0.2, -0.15) is 0 Å². The Hall–Kier alpha value is -2.08. The maximum absolute atomic E-state index is 11.9. The molecule has 0 fully saturated rings. The molecule has 0 saturated heterocycles. The summed E-state index contributed by atoms with van der Waals surface area (Å²) in [5, 5.41) is 5.77. The van der Waals surface area contributed by atoms with Gasteiger partial charge in [0.05, 0.1) is 6.61 Å². The van der Waals surface area contributed by atoms with E-state index >= 15 is 0 Å². The van der Waals surface area contributed by atoms with Crippen LogP contribution >= 0.6 is 0 Å². The number of esters is 1. The summed E-state index contributed by atoms with van der Waals surface area (Å²) < 4.78 is 4.89. The second-order valence-electron chi connectivity index (χ2n) is 6.86. The molecule has 0 aliphatic heterocycles. The van der Waals surface area contributed by atoms with Gasteiger partial charge in [-0.25, -0.2) is 4.79 Å². The lowest BCUT2D eigenvalue weighted by Crippen LogP contribution is -2.35. The summed E-state index contributed by atoms with van der Waals surface area (Å²) in [5.41, 5.74) is 2.39. The van der Waals surface area contributed by atoms with Crippen LogP contribution < -0.4 is 10.6 Å². The van der Waals surface area contributed by atoms with E-state index in [9.17, 15) is 9.59 Å². The van der Waals surface area contributed by atoms with Gasteiger partial charge in [0.15, 0.2) is 0 Å². The lowest BCUT2D eigenvalue weighted by molar-refractivity contribution is -0.143. The minimum atomic E-state index is -0.140. The highest BCUT2D eigenvalue weighted by Gasteiger charge is 2.04. The van der Waals surface area contributed by atoms with Crippen molar-refractivity contribution in [1.82, 2.24) is 15.5 Å². The Morgan fingerprint density at radius 1 is 0.893 bits per heavy atom. The fraction of sp³-hybridized carbons (Fsp3) is 0.636. The van der Waals surface area contributed by atoms with Gasteiger partial charge in [0.2, 0.25) is 0 Å². The molecule has 0 atom stereocenters. The van der Waals surface area contributed by atoms with Gasteiger partial charge in [0.1, 0.15) is 0 Å². The molecule has 0 aliphatic carbocycles. The molecule has 6 heteroatoms. The van der Waals surface area contributed by atoms with Crippen molar-refractivity contribution in [2.45, 2.75) is 66.0 Å². The topological polar surface area (TPSA) is 70.7 Å². The summed E-state index contributed by atoms with van der Waals surface area (Å²) in [6.07, 6.45) is 4.21. The van der Waals surface area contributed by atoms with Crippen molar-refractivity contribution in [3.05, 3.63) is 35.4 Å². The maximum Gasteiger partial charge on any atom is 0.315 e. The number of unbranched alkanes of at least 4 members (excludes halogenated alkanes) is 3. The predicted octanol–water partition coefficient (Wildman–Crippen LogP) is 3.84. The van der Waals surface area contributed by atoms with Gasteiger partial charge < -0.3 is 15.4 Å². The molecular weight excluding hydrogens is 354 g/mol. The van der Waals surface area contributed by atoms with Crippen molar-refractivity contribution < 1.29 is 14.3 Å². The van der Waals surface area contributed by atoms with Crippen LogP contribution in [0.25, 0.3) is 0 Å². The Balaban J connectivity index is 2.10. The molecule has 28 heavy (non-hydrogen) atoms. The Kier molecular flexibility index (Phi) is 12.8. The van der Waals surface area contributed by atoms with Crippen LogP contribution in [-0.2, 0) is 22.6 Å². The highest BCUT2D eigenvalue weighted by molar-refractivity contribution is 5.73. The van der Waals surface area contributed by atoms with Gasteiger partial charge in [-0.15, -0.1) is 0 Å². The van der Waals surface area contributed by atoms with E-state index in [0.717, 1.165) is 50.9 Å². The molecule has 0 spiro atoms. The van der Waals surface area contributed by atoms with Crippen molar-refractivity contribution in [3.8, 4) is 0 Å². The summed E-state index contributed by atoms with van der Waals surface area (Å²) in [6, 6.07) is 8.26. The molecule has 0 aromatic heterocycles. The average molecular weight is 392 g/mol. The molecule has 1 aromatic carbocycles. The zero-order chi connectivity index (χ0) is 20.6. The van der Waals surface area contributed by atoms with E-state index in [0.29, 0.717) is 26.1 Å². The molecule has 0 heterocycles. The SMILES string of the molecule is CCOC(=O)CCCCCCNC(=O)NCc1ccc(CN(CC)CC)cc1. The lowest BCUT2D eigenvalue weighted by atomic mass is 10.1. The van der Waals surface area contributed by atoms with E-state index in [1.165, 1.54) is 5.56 Å². The number of hydrogen-bond acceptors (Lipinski definition) is 4. The second-order valence-corrected chi connectivity index (χ2v) is 6.86. The standard InChI is InChI=1S/C22H37N3O3/c1-4-25(5-2)18-20-14-12-19(13-15-20)17-24-22(27)23-16-10-8-7-9-11-21(26)28-6-3/h12-15H,4-11,16-18H2,1-3H3,(H2,23,24,27). The first-order valence-electron chi connectivity index (χ1n) is 10.6. The Morgan fingerprint density at radius 3 is 2.18 bits per heavy atom. The summed E-state index contributed by atoms with van der Waals surface area (Å²) in [6.45, 7) is 10.8. The van der Waals surface area contributed by atoms with Crippen LogP contribution in [0.3, 0.4) is 0 Å². The number of benzene rings is 1. The van der Waals surface area contributed by atoms with E-state index < -0.39 is 0 Å². The molecule has 0 unspecified atom stereocenters. The molecule has 2 N–H and O–H groups in total. The Bertz CT molecular complexity index is 557. The lowest BCUT2D eigenvalue weighted by Gasteiger charge is -2.18. The van der Waals surface area contributed by atoms with E-state index in [2.05, 4.69) is 53.6 Å². The van der Waals surface area contributed by atoms with Gasteiger partial charge >= 0.3 is 12.0 Å². The number of urea groups is 1. The smallest absolute Gasteiger partial charge is 0.315 e. The number of carbonyl (C=O) groups excluding carboxylic acids is 2. The summed E-state index contributed by atoms with van der Waals surface area (Å²) in [5.74, 6) is -0.124.